The van der Waals surface area contributed by atoms with Gasteiger partial charge in [-0.25, -0.2) is 4.39 Å². The Labute approximate surface area is 108 Å². The smallest absolute Gasteiger partial charge is 0.165 e. The molecule has 0 aromatic heterocycles. The van der Waals surface area contributed by atoms with Gasteiger partial charge in [-0.05, 0) is 24.8 Å². The van der Waals surface area contributed by atoms with Gasteiger partial charge in [-0.1, -0.05) is 43.7 Å². The molecule has 0 bridgehead atoms. The lowest BCUT2D eigenvalue weighted by Gasteiger charge is -2.08. The Morgan fingerprint density at radius 1 is 1.28 bits per heavy atom. The summed E-state index contributed by atoms with van der Waals surface area (Å²) in [6, 6.07) is 9.85. The van der Waals surface area contributed by atoms with E-state index in [0.29, 0.717) is 24.8 Å². The fourth-order valence-corrected chi connectivity index (χ4v) is 2.49. The zero-order chi connectivity index (χ0) is 13.0. The molecule has 0 spiro atoms. The third-order valence-corrected chi connectivity index (χ3v) is 3.53. The number of carbonyl (C=O) groups excluding carboxylic acids is 1. The highest BCUT2D eigenvalue weighted by Gasteiger charge is 2.32. The first kappa shape index (κ1) is 13.0. The number of unbranched alkanes of at least 4 members (excludes halogenated alkanes) is 1. The van der Waals surface area contributed by atoms with Gasteiger partial charge in [-0.3, -0.25) is 4.79 Å². The molecule has 1 aliphatic carbocycles. The van der Waals surface area contributed by atoms with E-state index >= 15 is 0 Å². The zero-order valence-electron chi connectivity index (χ0n) is 10.8. The lowest BCUT2D eigenvalue weighted by molar-refractivity contribution is -0.118. The monoisotopic (exact) mass is 246 g/mol. The van der Waals surface area contributed by atoms with E-state index in [2.05, 4.69) is 6.92 Å². The van der Waals surface area contributed by atoms with Gasteiger partial charge in [0.1, 0.15) is 5.83 Å². The number of carbonyl (C=O) groups is 1. The summed E-state index contributed by atoms with van der Waals surface area (Å²) in [7, 11) is 0. The number of allylic oxidation sites excluding steroid dienone is 2. The molecule has 0 saturated heterocycles. The molecule has 1 aromatic rings. The summed E-state index contributed by atoms with van der Waals surface area (Å²) >= 11 is 0. The van der Waals surface area contributed by atoms with Gasteiger partial charge in [0.25, 0.3) is 0 Å². The Hall–Kier alpha value is -1.44. The van der Waals surface area contributed by atoms with E-state index in [1.54, 1.807) is 0 Å². The van der Waals surface area contributed by atoms with Crippen molar-refractivity contribution in [2.75, 3.05) is 0 Å². The van der Waals surface area contributed by atoms with Crippen LogP contribution in [0.4, 0.5) is 4.39 Å². The molecule has 0 radical (unpaired) electrons. The van der Waals surface area contributed by atoms with E-state index < -0.39 is 0 Å². The molecule has 1 atom stereocenters. The molecule has 1 unspecified atom stereocenters. The molecular weight excluding hydrogens is 227 g/mol. The maximum absolute atomic E-state index is 13.8. The Balaban J connectivity index is 2.01. The molecule has 1 aliphatic rings. The minimum Gasteiger partial charge on any atom is -0.294 e. The third kappa shape index (κ3) is 2.87. The number of hydrogen-bond donors (Lipinski definition) is 0. The van der Waals surface area contributed by atoms with Crippen LogP contribution in [0.15, 0.2) is 41.7 Å². The second-order valence-electron chi connectivity index (χ2n) is 4.94. The highest BCUT2D eigenvalue weighted by molar-refractivity contribution is 6.00. The van der Waals surface area contributed by atoms with Gasteiger partial charge in [0.2, 0.25) is 0 Å². The van der Waals surface area contributed by atoms with Gasteiger partial charge in [-0.15, -0.1) is 0 Å². The molecular formula is C16H19FO. The largest absolute Gasteiger partial charge is 0.294 e. The van der Waals surface area contributed by atoms with E-state index in [1.165, 1.54) is 0 Å². The summed E-state index contributed by atoms with van der Waals surface area (Å²) in [6.07, 6.45) is 3.45. The number of hydrogen-bond acceptors (Lipinski definition) is 1. The van der Waals surface area contributed by atoms with Crippen molar-refractivity contribution in [1.29, 1.82) is 0 Å². The van der Waals surface area contributed by atoms with Crippen molar-refractivity contribution in [1.82, 2.24) is 0 Å². The van der Waals surface area contributed by atoms with Gasteiger partial charge in [0, 0.05) is 17.9 Å². The molecule has 96 valence electrons. The summed E-state index contributed by atoms with van der Waals surface area (Å²) in [5.41, 5.74) is 1.57. The van der Waals surface area contributed by atoms with Crippen LogP contribution < -0.4 is 0 Å². The van der Waals surface area contributed by atoms with Crippen molar-refractivity contribution in [3.05, 3.63) is 47.3 Å². The molecule has 18 heavy (non-hydrogen) atoms. The Bertz CT molecular complexity index is 447. The number of Topliss-reactive ketones (excluding diaryl/α,β-unsaturated/α-hetero) is 1. The van der Waals surface area contributed by atoms with E-state index in [9.17, 15) is 9.18 Å². The predicted molar refractivity (Wildman–Crippen MR) is 70.9 cm³/mol. The third-order valence-electron chi connectivity index (χ3n) is 3.53. The standard InChI is InChI=1S/C16H19FO/c1-2-3-9-14-15(17)11-13(16(14)18)10-12-7-5-4-6-8-12/h4-8,13H,2-3,9-11H2,1H3. The summed E-state index contributed by atoms with van der Waals surface area (Å²) in [4.78, 5) is 12.1. The average Bonchev–Trinajstić information content (AvgIpc) is 2.64. The molecule has 0 fully saturated rings. The SMILES string of the molecule is CCCCC1=C(F)CC(Cc2ccccc2)C1=O. The van der Waals surface area contributed by atoms with Gasteiger partial charge in [0.15, 0.2) is 5.78 Å². The fraction of sp³-hybridized carbons (Fsp3) is 0.438. The van der Waals surface area contributed by atoms with Gasteiger partial charge < -0.3 is 0 Å². The Morgan fingerprint density at radius 2 is 2.00 bits per heavy atom. The molecule has 2 heteroatoms. The average molecular weight is 246 g/mol. The van der Waals surface area contributed by atoms with Crippen LogP contribution >= 0.6 is 0 Å². The molecule has 1 aromatic carbocycles. The first-order valence-corrected chi connectivity index (χ1v) is 6.68. The quantitative estimate of drug-likeness (QED) is 0.759. The minimum atomic E-state index is -0.181. The first-order chi connectivity index (χ1) is 8.72. The number of halogens is 1. The normalized spacial score (nSPS) is 19.7. The lowest BCUT2D eigenvalue weighted by atomic mass is 9.94. The number of rotatable bonds is 5. The van der Waals surface area contributed by atoms with E-state index in [0.717, 1.165) is 18.4 Å². The number of benzene rings is 1. The highest BCUT2D eigenvalue weighted by atomic mass is 19.1. The summed E-state index contributed by atoms with van der Waals surface area (Å²) in [5, 5.41) is 0. The Kier molecular flexibility index (Phi) is 4.29. The molecule has 0 saturated carbocycles. The summed E-state index contributed by atoms with van der Waals surface area (Å²) in [5.74, 6) is -0.321. The van der Waals surface area contributed by atoms with E-state index in [4.69, 9.17) is 0 Å². The predicted octanol–water partition coefficient (Wildman–Crippen LogP) is 4.23. The lowest BCUT2D eigenvalue weighted by Crippen LogP contribution is -2.13. The molecule has 1 nitrogen and oxygen atoms in total. The van der Waals surface area contributed by atoms with Crippen molar-refractivity contribution < 1.29 is 9.18 Å². The van der Waals surface area contributed by atoms with Gasteiger partial charge >= 0.3 is 0 Å². The topological polar surface area (TPSA) is 17.1 Å². The maximum atomic E-state index is 13.8. The van der Waals surface area contributed by atoms with E-state index in [1.807, 2.05) is 30.3 Å². The molecule has 2 rings (SSSR count). The van der Waals surface area contributed by atoms with Gasteiger partial charge in [0.05, 0.1) is 0 Å². The van der Waals surface area contributed by atoms with Crippen LogP contribution in [-0.4, -0.2) is 5.78 Å². The van der Waals surface area contributed by atoms with Gasteiger partial charge in [-0.2, -0.15) is 0 Å². The highest BCUT2D eigenvalue weighted by Crippen LogP contribution is 2.34. The maximum Gasteiger partial charge on any atom is 0.165 e. The fourth-order valence-electron chi connectivity index (χ4n) is 2.49. The van der Waals surface area contributed by atoms with Crippen molar-refractivity contribution >= 4 is 5.78 Å². The molecule has 0 N–H and O–H groups in total. The summed E-state index contributed by atoms with van der Waals surface area (Å²) < 4.78 is 13.8. The zero-order valence-corrected chi connectivity index (χ0v) is 10.8. The van der Waals surface area contributed by atoms with Crippen molar-refractivity contribution in [2.24, 2.45) is 5.92 Å². The van der Waals surface area contributed by atoms with Crippen LogP contribution in [0.5, 0.6) is 0 Å². The van der Waals surface area contributed by atoms with Crippen LogP contribution in [0.25, 0.3) is 0 Å². The molecule has 0 aliphatic heterocycles. The van der Waals surface area contributed by atoms with Crippen LogP contribution in [-0.2, 0) is 11.2 Å². The van der Waals surface area contributed by atoms with Crippen LogP contribution in [0.3, 0.4) is 0 Å². The Morgan fingerprint density at radius 3 is 2.67 bits per heavy atom. The first-order valence-electron chi connectivity index (χ1n) is 6.68. The van der Waals surface area contributed by atoms with E-state index in [-0.39, 0.29) is 17.5 Å². The van der Waals surface area contributed by atoms with Crippen molar-refractivity contribution in [3.8, 4) is 0 Å². The molecule has 0 heterocycles. The second kappa shape index (κ2) is 5.94. The minimum absolute atomic E-state index is 0.0322. The summed E-state index contributed by atoms with van der Waals surface area (Å²) in [6.45, 7) is 2.05. The molecule has 0 amide bonds. The second-order valence-corrected chi connectivity index (χ2v) is 4.94. The van der Waals surface area contributed by atoms with Crippen molar-refractivity contribution in [2.45, 2.75) is 39.0 Å². The van der Waals surface area contributed by atoms with Crippen LogP contribution in [0.2, 0.25) is 0 Å². The van der Waals surface area contributed by atoms with Crippen molar-refractivity contribution in [3.63, 3.8) is 0 Å². The number of ketones is 1. The van der Waals surface area contributed by atoms with Crippen LogP contribution in [0, 0.1) is 5.92 Å². The van der Waals surface area contributed by atoms with Crippen LogP contribution in [0.1, 0.15) is 38.2 Å².